The molecule has 0 spiro atoms. The van der Waals surface area contributed by atoms with Crippen molar-refractivity contribution in [1.82, 2.24) is 15.6 Å². The Morgan fingerprint density at radius 2 is 2.19 bits per heavy atom. The first-order valence-electron chi connectivity index (χ1n) is 9.98. The molecule has 2 N–H and O–H groups in total. The fraction of sp³-hybridized carbons (Fsp3) is 0.524. The molecule has 0 saturated carbocycles. The van der Waals surface area contributed by atoms with Gasteiger partial charge in [0.2, 0.25) is 0 Å². The van der Waals surface area contributed by atoms with E-state index < -0.39 is 0 Å². The first-order valence-corrected chi connectivity index (χ1v) is 10.8. The van der Waals surface area contributed by atoms with Crippen LogP contribution in [0.25, 0.3) is 0 Å². The summed E-state index contributed by atoms with van der Waals surface area (Å²) in [5.41, 5.74) is 4.09. The first-order chi connectivity index (χ1) is 13.2. The molecular weight excluding hydrogens is 354 g/mol. The quantitative estimate of drug-likeness (QED) is 0.567. The van der Waals surface area contributed by atoms with Crippen molar-refractivity contribution in [1.29, 1.82) is 0 Å². The molecule has 0 unspecified atom stereocenters. The lowest BCUT2D eigenvalue weighted by atomic mass is 10.00. The molecule has 1 aromatic heterocycles. The fourth-order valence-electron chi connectivity index (χ4n) is 3.36. The molecule has 146 valence electrons. The topological polar surface area (TPSA) is 52.6 Å². The highest BCUT2D eigenvalue weighted by Crippen LogP contribution is 2.26. The van der Waals surface area contributed by atoms with Crippen molar-refractivity contribution in [3.63, 3.8) is 0 Å². The van der Waals surface area contributed by atoms with E-state index in [1.807, 2.05) is 6.20 Å². The largest absolute Gasteiger partial charge is 0.374 e. The lowest BCUT2D eigenvalue weighted by Crippen LogP contribution is -2.38. The van der Waals surface area contributed by atoms with E-state index in [0.29, 0.717) is 6.54 Å². The second-order valence-electron chi connectivity index (χ2n) is 6.93. The molecule has 0 saturated heterocycles. The molecule has 1 aromatic carbocycles. The Bertz CT molecular complexity index is 768. The summed E-state index contributed by atoms with van der Waals surface area (Å²) in [6, 6.07) is 6.77. The fourth-order valence-corrected chi connectivity index (χ4v) is 4.23. The molecule has 1 aliphatic heterocycles. The van der Waals surface area contributed by atoms with Gasteiger partial charge in [0.25, 0.3) is 0 Å². The Balaban J connectivity index is 1.56. The van der Waals surface area contributed by atoms with Crippen LogP contribution >= 0.6 is 11.3 Å². The minimum Gasteiger partial charge on any atom is -0.374 e. The van der Waals surface area contributed by atoms with Crippen LogP contribution in [0.2, 0.25) is 0 Å². The van der Waals surface area contributed by atoms with Crippen molar-refractivity contribution in [3.05, 3.63) is 45.4 Å². The van der Waals surface area contributed by atoms with Crippen LogP contribution < -0.4 is 15.5 Å². The van der Waals surface area contributed by atoms with Crippen molar-refractivity contribution in [2.75, 3.05) is 31.6 Å². The van der Waals surface area contributed by atoms with Crippen LogP contribution in [0.1, 0.15) is 41.3 Å². The third kappa shape index (κ3) is 5.45. The van der Waals surface area contributed by atoms with Gasteiger partial charge in [0.15, 0.2) is 5.96 Å². The number of rotatable bonds is 7. The van der Waals surface area contributed by atoms with Crippen LogP contribution in [-0.4, -0.2) is 37.6 Å². The van der Waals surface area contributed by atoms with Crippen molar-refractivity contribution in [2.24, 2.45) is 4.99 Å². The molecule has 0 aliphatic carbocycles. The van der Waals surface area contributed by atoms with E-state index in [1.54, 1.807) is 11.3 Å². The van der Waals surface area contributed by atoms with Gasteiger partial charge >= 0.3 is 0 Å². The highest BCUT2D eigenvalue weighted by Gasteiger charge is 2.13. The maximum Gasteiger partial charge on any atom is 0.191 e. The maximum atomic E-state index is 4.77. The van der Waals surface area contributed by atoms with E-state index in [1.165, 1.54) is 39.5 Å². The number of nitrogens with zero attached hydrogens (tertiary/aromatic N) is 3. The lowest BCUT2D eigenvalue weighted by molar-refractivity contribution is 0.742. The highest BCUT2D eigenvalue weighted by atomic mass is 32.1. The van der Waals surface area contributed by atoms with Gasteiger partial charge in [-0.1, -0.05) is 19.1 Å². The highest BCUT2D eigenvalue weighted by molar-refractivity contribution is 7.11. The van der Waals surface area contributed by atoms with Crippen molar-refractivity contribution < 1.29 is 0 Å². The SMILES string of the molecule is CCNC(=NCc1ccc2c(c1)CCCN2C)NCCc1ncc(CC)s1. The molecule has 3 rings (SSSR count). The van der Waals surface area contributed by atoms with Crippen molar-refractivity contribution in [3.8, 4) is 0 Å². The number of aliphatic imine (C=N–C) groups is 1. The number of aryl methyl sites for hydroxylation is 2. The van der Waals surface area contributed by atoms with Crippen LogP contribution in [0.5, 0.6) is 0 Å². The Labute approximate surface area is 166 Å². The zero-order valence-corrected chi connectivity index (χ0v) is 17.5. The van der Waals surface area contributed by atoms with E-state index in [0.717, 1.165) is 38.4 Å². The number of fused-ring (bicyclic) bond motifs is 1. The Morgan fingerprint density at radius 3 is 2.96 bits per heavy atom. The average molecular weight is 386 g/mol. The number of guanidine groups is 1. The summed E-state index contributed by atoms with van der Waals surface area (Å²) in [6.07, 6.45) is 6.39. The molecule has 2 aromatic rings. The van der Waals surface area contributed by atoms with E-state index in [4.69, 9.17) is 4.99 Å². The predicted octanol–water partition coefficient (Wildman–Crippen LogP) is 3.39. The second kappa shape index (κ2) is 9.74. The van der Waals surface area contributed by atoms with Crippen molar-refractivity contribution >= 4 is 23.0 Å². The zero-order valence-electron chi connectivity index (χ0n) is 16.7. The average Bonchev–Trinajstić information content (AvgIpc) is 3.14. The number of benzene rings is 1. The smallest absolute Gasteiger partial charge is 0.191 e. The number of aromatic nitrogens is 1. The van der Waals surface area contributed by atoms with Gasteiger partial charge in [0.05, 0.1) is 11.6 Å². The minimum absolute atomic E-state index is 0.698. The number of hydrogen-bond acceptors (Lipinski definition) is 4. The van der Waals surface area contributed by atoms with E-state index in [2.05, 4.69) is 59.6 Å². The van der Waals surface area contributed by atoms with Crippen LogP contribution in [0, 0.1) is 0 Å². The summed E-state index contributed by atoms with van der Waals surface area (Å²) in [7, 11) is 2.18. The standard InChI is InChI=1S/C21H31N5S/c1-4-18-15-24-20(27-18)10-11-23-21(22-5-2)25-14-16-8-9-19-17(13-16)7-6-12-26(19)3/h8-9,13,15H,4-7,10-12,14H2,1-3H3,(H2,22,23,25). The lowest BCUT2D eigenvalue weighted by Gasteiger charge is -2.27. The molecule has 0 atom stereocenters. The van der Waals surface area contributed by atoms with Crippen LogP contribution in [0.3, 0.4) is 0 Å². The molecule has 5 nitrogen and oxygen atoms in total. The molecule has 0 fully saturated rings. The summed E-state index contributed by atoms with van der Waals surface area (Å²) < 4.78 is 0. The van der Waals surface area contributed by atoms with Gasteiger partial charge in [0.1, 0.15) is 0 Å². The predicted molar refractivity (Wildman–Crippen MR) is 116 cm³/mol. The van der Waals surface area contributed by atoms with Crippen molar-refractivity contribution in [2.45, 2.75) is 46.1 Å². The van der Waals surface area contributed by atoms with Gasteiger partial charge < -0.3 is 15.5 Å². The summed E-state index contributed by atoms with van der Waals surface area (Å²) >= 11 is 1.81. The van der Waals surface area contributed by atoms with E-state index in [-0.39, 0.29) is 0 Å². The third-order valence-corrected chi connectivity index (χ3v) is 6.04. The molecular formula is C21H31N5S. The van der Waals surface area contributed by atoms with Gasteiger partial charge in [-0.05, 0) is 43.4 Å². The number of nitrogens with one attached hydrogen (secondary N) is 2. The number of anilines is 1. The van der Waals surface area contributed by atoms with Gasteiger partial charge in [0, 0.05) is 49.9 Å². The first kappa shape index (κ1) is 19.7. The summed E-state index contributed by atoms with van der Waals surface area (Å²) in [5.74, 6) is 0.875. The number of hydrogen-bond donors (Lipinski definition) is 2. The maximum absolute atomic E-state index is 4.77. The van der Waals surface area contributed by atoms with E-state index >= 15 is 0 Å². The van der Waals surface area contributed by atoms with Crippen LogP contribution in [0.4, 0.5) is 5.69 Å². The summed E-state index contributed by atoms with van der Waals surface area (Å²) in [6.45, 7) is 7.82. The van der Waals surface area contributed by atoms with E-state index in [9.17, 15) is 0 Å². The summed E-state index contributed by atoms with van der Waals surface area (Å²) in [4.78, 5) is 13.0. The molecule has 0 bridgehead atoms. The second-order valence-corrected chi connectivity index (χ2v) is 8.13. The normalized spacial score (nSPS) is 14.2. The molecule has 2 heterocycles. The Kier molecular flexibility index (Phi) is 7.10. The zero-order chi connectivity index (χ0) is 19.1. The number of thiazole rings is 1. The van der Waals surface area contributed by atoms with Crippen LogP contribution in [-0.2, 0) is 25.8 Å². The molecule has 27 heavy (non-hydrogen) atoms. The molecule has 0 amide bonds. The van der Waals surface area contributed by atoms with Gasteiger partial charge in [-0.15, -0.1) is 11.3 Å². The van der Waals surface area contributed by atoms with Gasteiger partial charge in [-0.2, -0.15) is 0 Å². The Morgan fingerprint density at radius 1 is 1.30 bits per heavy atom. The van der Waals surface area contributed by atoms with Gasteiger partial charge in [-0.25, -0.2) is 9.98 Å². The Hall–Kier alpha value is -2.08. The monoisotopic (exact) mass is 385 g/mol. The summed E-state index contributed by atoms with van der Waals surface area (Å²) in [5, 5.41) is 7.96. The minimum atomic E-state index is 0.698. The van der Waals surface area contributed by atoms with Gasteiger partial charge in [-0.3, -0.25) is 0 Å². The third-order valence-electron chi connectivity index (χ3n) is 4.84. The molecule has 6 heteroatoms. The molecule has 1 aliphatic rings. The van der Waals surface area contributed by atoms with Crippen LogP contribution in [0.15, 0.2) is 29.4 Å². The molecule has 0 radical (unpaired) electrons.